The van der Waals surface area contributed by atoms with Gasteiger partial charge < -0.3 is 10.0 Å². The highest BCUT2D eigenvalue weighted by atomic mass is 32.1. The standard InChI is InChI=1S/C10H11NO2S/c1-11(2)10(13)8-6-9(14-7-8)4-3-5-12/h6-7,12H,5H2,1-2H3. The molecule has 1 rings (SSSR count). The lowest BCUT2D eigenvalue weighted by Gasteiger charge is -2.07. The zero-order valence-corrected chi connectivity index (χ0v) is 8.89. The highest BCUT2D eigenvalue weighted by Gasteiger charge is 2.09. The van der Waals surface area contributed by atoms with Crippen LogP contribution in [0.25, 0.3) is 0 Å². The molecule has 0 saturated heterocycles. The maximum Gasteiger partial charge on any atom is 0.254 e. The van der Waals surface area contributed by atoms with Crippen molar-refractivity contribution in [2.75, 3.05) is 20.7 Å². The molecule has 74 valence electrons. The molecule has 0 aliphatic carbocycles. The van der Waals surface area contributed by atoms with E-state index in [1.165, 1.54) is 16.2 Å². The summed E-state index contributed by atoms with van der Waals surface area (Å²) < 4.78 is 0. The minimum absolute atomic E-state index is 0.0294. The molecule has 0 aromatic carbocycles. The molecule has 0 radical (unpaired) electrons. The summed E-state index contributed by atoms with van der Waals surface area (Å²) >= 11 is 1.40. The fourth-order valence-electron chi connectivity index (χ4n) is 0.899. The Morgan fingerprint density at radius 3 is 2.93 bits per heavy atom. The lowest BCUT2D eigenvalue weighted by atomic mass is 10.3. The molecule has 4 heteroatoms. The van der Waals surface area contributed by atoms with Crippen molar-refractivity contribution in [3.05, 3.63) is 21.9 Å². The topological polar surface area (TPSA) is 40.5 Å². The summed E-state index contributed by atoms with van der Waals surface area (Å²) in [4.78, 5) is 13.8. The number of aliphatic hydroxyl groups is 1. The van der Waals surface area contributed by atoms with Crippen LogP contribution in [0.1, 0.15) is 15.2 Å². The van der Waals surface area contributed by atoms with E-state index in [9.17, 15) is 4.79 Å². The number of carbonyl (C=O) groups excluding carboxylic acids is 1. The smallest absolute Gasteiger partial charge is 0.254 e. The van der Waals surface area contributed by atoms with Gasteiger partial charge in [-0.05, 0) is 6.07 Å². The predicted octanol–water partition coefficient (Wildman–Crippen LogP) is 0.794. The van der Waals surface area contributed by atoms with Gasteiger partial charge in [-0.2, -0.15) is 0 Å². The molecule has 0 saturated carbocycles. The van der Waals surface area contributed by atoms with Gasteiger partial charge in [0.25, 0.3) is 5.91 Å². The Morgan fingerprint density at radius 1 is 1.64 bits per heavy atom. The van der Waals surface area contributed by atoms with Crippen LogP contribution >= 0.6 is 11.3 Å². The summed E-state index contributed by atoms with van der Waals surface area (Å²) in [5.41, 5.74) is 0.641. The first-order valence-electron chi connectivity index (χ1n) is 4.05. The van der Waals surface area contributed by atoms with Gasteiger partial charge in [0.15, 0.2) is 0 Å². The molecule has 1 N–H and O–H groups in total. The van der Waals surface area contributed by atoms with Crippen LogP contribution in [-0.4, -0.2) is 36.6 Å². The normalized spacial score (nSPS) is 9.07. The zero-order valence-electron chi connectivity index (χ0n) is 8.07. The molecule has 1 amide bonds. The molecule has 1 aromatic heterocycles. The maximum atomic E-state index is 11.5. The van der Waals surface area contributed by atoms with Gasteiger partial charge >= 0.3 is 0 Å². The van der Waals surface area contributed by atoms with Gasteiger partial charge in [-0.25, -0.2) is 0 Å². The van der Waals surface area contributed by atoms with Crippen molar-refractivity contribution in [2.24, 2.45) is 0 Å². The third-order valence-corrected chi connectivity index (χ3v) is 2.39. The van der Waals surface area contributed by atoms with E-state index in [2.05, 4.69) is 11.8 Å². The highest BCUT2D eigenvalue weighted by molar-refractivity contribution is 7.10. The molecule has 0 spiro atoms. The minimum Gasteiger partial charge on any atom is -0.384 e. The first-order valence-corrected chi connectivity index (χ1v) is 4.93. The molecule has 0 unspecified atom stereocenters. The number of carbonyl (C=O) groups is 1. The molecule has 1 heterocycles. The molecular formula is C10H11NO2S. The van der Waals surface area contributed by atoms with Crippen molar-refractivity contribution in [1.29, 1.82) is 0 Å². The SMILES string of the molecule is CN(C)C(=O)c1csc(C#CCO)c1. The monoisotopic (exact) mass is 209 g/mol. The summed E-state index contributed by atoms with van der Waals surface area (Å²) in [5, 5.41) is 10.3. The van der Waals surface area contributed by atoms with Crippen LogP contribution in [0.4, 0.5) is 0 Å². The molecule has 0 atom stereocenters. The van der Waals surface area contributed by atoms with Crippen LogP contribution in [0.15, 0.2) is 11.4 Å². The molecule has 3 nitrogen and oxygen atoms in total. The van der Waals surface area contributed by atoms with Gasteiger partial charge in [-0.1, -0.05) is 11.8 Å². The van der Waals surface area contributed by atoms with E-state index in [0.717, 1.165) is 4.88 Å². The lowest BCUT2D eigenvalue weighted by molar-refractivity contribution is 0.0828. The first-order chi connectivity index (χ1) is 6.65. The number of rotatable bonds is 1. The molecular weight excluding hydrogens is 198 g/mol. The molecule has 0 aliphatic heterocycles. The van der Waals surface area contributed by atoms with E-state index < -0.39 is 0 Å². The average Bonchev–Trinajstić information content (AvgIpc) is 2.61. The molecule has 0 aliphatic rings. The van der Waals surface area contributed by atoms with E-state index in [1.54, 1.807) is 25.5 Å². The lowest BCUT2D eigenvalue weighted by Crippen LogP contribution is -2.20. The second kappa shape index (κ2) is 4.80. The van der Waals surface area contributed by atoms with Crippen molar-refractivity contribution in [3.63, 3.8) is 0 Å². The summed E-state index contributed by atoms with van der Waals surface area (Å²) in [5.74, 6) is 5.26. The Bertz CT molecular complexity index is 384. The molecule has 0 fully saturated rings. The Kier molecular flexibility index (Phi) is 3.69. The van der Waals surface area contributed by atoms with E-state index >= 15 is 0 Å². The van der Waals surface area contributed by atoms with Gasteiger partial charge in [-0.15, -0.1) is 11.3 Å². The van der Waals surface area contributed by atoms with Crippen LogP contribution in [0, 0.1) is 11.8 Å². The van der Waals surface area contributed by atoms with Crippen LogP contribution in [0.2, 0.25) is 0 Å². The van der Waals surface area contributed by atoms with Crippen molar-refractivity contribution in [1.82, 2.24) is 4.90 Å². The van der Waals surface area contributed by atoms with Gasteiger partial charge in [0.2, 0.25) is 0 Å². The van der Waals surface area contributed by atoms with Crippen LogP contribution < -0.4 is 0 Å². The van der Waals surface area contributed by atoms with E-state index in [0.29, 0.717) is 5.56 Å². The Hall–Kier alpha value is -1.31. The fraction of sp³-hybridized carbons (Fsp3) is 0.300. The second-order valence-corrected chi connectivity index (χ2v) is 3.77. The minimum atomic E-state index is -0.158. The Morgan fingerprint density at radius 2 is 2.36 bits per heavy atom. The quantitative estimate of drug-likeness (QED) is 0.695. The number of hydrogen-bond acceptors (Lipinski definition) is 3. The first kappa shape index (κ1) is 10.8. The summed E-state index contributed by atoms with van der Waals surface area (Å²) in [6.45, 7) is -0.158. The Balaban J connectivity index is 2.83. The average molecular weight is 209 g/mol. The van der Waals surface area contributed by atoms with Crippen LogP contribution in [0.3, 0.4) is 0 Å². The fourth-order valence-corrected chi connectivity index (χ4v) is 1.65. The predicted molar refractivity (Wildman–Crippen MR) is 56.3 cm³/mol. The Labute approximate surface area is 87.0 Å². The van der Waals surface area contributed by atoms with Crippen molar-refractivity contribution in [3.8, 4) is 11.8 Å². The van der Waals surface area contributed by atoms with Crippen molar-refractivity contribution >= 4 is 17.2 Å². The number of thiophene rings is 1. The molecule has 14 heavy (non-hydrogen) atoms. The van der Waals surface area contributed by atoms with Crippen molar-refractivity contribution < 1.29 is 9.90 Å². The van der Waals surface area contributed by atoms with Gasteiger partial charge in [0.1, 0.15) is 6.61 Å². The van der Waals surface area contributed by atoms with E-state index in [1.807, 2.05) is 0 Å². The van der Waals surface area contributed by atoms with E-state index in [-0.39, 0.29) is 12.5 Å². The largest absolute Gasteiger partial charge is 0.384 e. The van der Waals surface area contributed by atoms with E-state index in [4.69, 9.17) is 5.11 Å². The van der Waals surface area contributed by atoms with Gasteiger partial charge in [0, 0.05) is 19.5 Å². The van der Waals surface area contributed by atoms with Crippen LogP contribution in [-0.2, 0) is 0 Å². The number of amides is 1. The number of nitrogens with zero attached hydrogens (tertiary/aromatic N) is 1. The third-order valence-electron chi connectivity index (χ3n) is 1.54. The second-order valence-electron chi connectivity index (χ2n) is 2.86. The molecule has 1 aromatic rings. The summed E-state index contributed by atoms with van der Waals surface area (Å²) in [6.07, 6.45) is 0. The van der Waals surface area contributed by atoms with Crippen molar-refractivity contribution in [2.45, 2.75) is 0 Å². The van der Waals surface area contributed by atoms with Gasteiger partial charge in [-0.3, -0.25) is 4.79 Å². The van der Waals surface area contributed by atoms with Crippen LogP contribution in [0.5, 0.6) is 0 Å². The maximum absolute atomic E-state index is 11.5. The number of hydrogen-bond donors (Lipinski definition) is 1. The molecule has 0 bridgehead atoms. The van der Waals surface area contributed by atoms with Gasteiger partial charge in [0.05, 0.1) is 10.4 Å². The third kappa shape index (κ3) is 2.59. The number of aliphatic hydroxyl groups excluding tert-OH is 1. The summed E-state index contributed by atoms with van der Waals surface area (Å²) in [7, 11) is 3.41. The summed E-state index contributed by atoms with van der Waals surface area (Å²) in [6, 6.07) is 1.73. The zero-order chi connectivity index (χ0) is 10.6. The highest BCUT2D eigenvalue weighted by Crippen LogP contribution is 2.14.